The van der Waals surface area contributed by atoms with Gasteiger partial charge < -0.3 is 9.84 Å². The number of hydrogen-bond acceptors (Lipinski definition) is 4. The molecule has 2 aromatic rings. The van der Waals surface area contributed by atoms with Crippen molar-refractivity contribution in [3.05, 3.63) is 53.1 Å². The van der Waals surface area contributed by atoms with Crippen LogP contribution in [0.15, 0.2) is 30.5 Å². The Hall–Kier alpha value is -2.46. The third-order valence-electron chi connectivity index (χ3n) is 4.41. The van der Waals surface area contributed by atoms with Crippen molar-refractivity contribution in [1.82, 2.24) is 14.7 Å². The van der Waals surface area contributed by atoms with E-state index < -0.39 is 12.1 Å². The SMILES string of the molecule is CCOCC1CN(Cc2ccc(F)cc2)Cc2cnn(C)c21.O=C(O)C(F)(F)F. The lowest BCUT2D eigenvalue weighted by Crippen LogP contribution is -2.35. The average molecular weight is 417 g/mol. The van der Waals surface area contributed by atoms with E-state index in [1.54, 1.807) is 0 Å². The van der Waals surface area contributed by atoms with Crippen LogP contribution in [0.1, 0.15) is 29.7 Å². The molecule has 2 heterocycles. The summed E-state index contributed by atoms with van der Waals surface area (Å²) in [5.74, 6) is -2.62. The van der Waals surface area contributed by atoms with E-state index in [0.717, 1.165) is 31.8 Å². The minimum Gasteiger partial charge on any atom is -0.475 e. The molecule has 160 valence electrons. The van der Waals surface area contributed by atoms with Gasteiger partial charge in [0, 0.05) is 50.5 Å². The molecule has 1 aromatic heterocycles. The number of aryl methyl sites for hydroxylation is 1. The van der Waals surface area contributed by atoms with Crippen LogP contribution in [0.3, 0.4) is 0 Å². The molecule has 0 saturated heterocycles. The van der Waals surface area contributed by atoms with E-state index >= 15 is 0 Å². The molecule has 6 nitrogen and oxygen atoms in total. The summed E-state index contributed by atoms with van der Waals surface area (Å²) in [6.07, 6.45) is -3.13. The molecule has 1 aliphatic rings. The van der Waals surface area contributed by atoms with Gasteiger partial charge in [-0.3, -0.25) is 9.58 Å². The van der Waals surface area contributed by atoms with Crippen molar-refractivity contribution in [2.24, 2.45) is 7.05 Å². The Labute approximate surface area is 165 Å². The highest BCUT2D eigenvalue weighted by atomic mass is 19.4. The molecule has 3 rings (SSSR count). The Morgan fingerprint density at radius 1 is 1.31 bits per heavy atom. The predicted octanol–water partition coefficient (Wildman–Crippen LogP) is 3.33. The van der Waals surface area contributed by atoms with E-state index in [-0.39, 0.29) is 5.82 Å². The molecule has 0 fully saturated rings. The van der Waals surface area contributed by atoms with Crippen molar-refractivity contribution in [3.8, 4) is 0 Å². The summed E-state index contributed by atoms with van der Waals surface area (Å²) < 4.78 is 52.4. The average Bonchev–Trinajstić information content (AvgIpc) is 3.02. The Morgan fingerprint density at radius 3 is 2.48 bits per heavy atom. The first-order valence-corrected chi connectivity index (χ1v) is 8.97. The summed E-state index contributed by atoms with van der Waals surface area (Å²) in [5.41, 5.74) is 3.67. The van der Waals surface area contributed by atoms with Gasteiger partial charge >= 0.3 is 12.1 Å². The first kappa shape index (κ1) is 22.8. The quantitative estimate of drug-likeness (QED) is 0.756. The standard InChI is InChI=1S/C17H22FN3O.C2HF3O2/c1-3-22-12-15-11-21(9-13-4-6-16(18)7-5-13)10-14-8-19-20(2)17(14)15;3-2(4,5)1(6)7/h4-8,15H,3,9-12H2,1-2H3;(H,6,7). The number of nitrogens with zero attached hydrogens (tertiary/aromatic N) is 3. The number of alkyl halides is 3. The fourth-order valence-electron chi connectivity index (χ4n) is 3.20. The van der Waals surface area contributed by atoms with Gasteiger partial charge in [-0.25, -0.2) is 9.18 Å². The molecule has 0 spiro atoms. The second-order valence-electron chi connectivity index (χ2n) is 6.63. The molecule has 1 unspecified atom stereocenters. The number of carbonyl (C=O) groups is 1. The summed E-state index contributed by atoms with van der Waals surface area (Å²) in [5, 5.41) is 11.5. The van der Waals surface area contributed by atoms with Gasteiger partial charge in [0.15, 0.2) is 0 Å². The van der Waals surface area contributed by atoms with Crippen LogP contribution >= 0.6 is 0 Å². The summed E-state index contributed by atoms with van der Waals surface area (Å²) in [6.45, 7) is 6.08. The monoisotopic (exact) mass is 417 g/mol. The number of benzene rings is 1. The Kier molecular flexibility index (Phi) is 7.74. The second-order valence-corrected chi connectivity index (χ2v) is 6.63. The zero-order valence-electron chi connectivity index (χ0n) is 16.1. The third-order valence-corrected chi connectivity index (χ3v) is 4.41. The maximum Gasteiger partial charge on any atom is 0.490 e. The molecule has 1 aliphatic heterocycles. The van der Waals surface area contributed by atoms with Crippen molar-refractivity contribution in [2.45, 2.75) is 32.1 Å². The van der Waals surface area contributed by atoms with E-state index in [2.05, 4.69) is 10.00 Å². The van der Waals surface area contributed by atoms with E-state index in [9.17, 15) is 17.6 Å². The van der Waals surface area contributed by atoms with Gasteiger partial charge in [0.05, 0.1) is 12.8 Å². The van der Waals surface area contributed by atoms with Gasteiger partial charge in [-0.1, -0.05) is 12.1 Å². The molecule has 0 aliphatic carbocycles. The molecular formula is C19H23F4N3O3. The Balaban J connectivity index is 0.000000370. The summed E-state index contributed by atoms with van der Waals surface area (Å²) in [6, 6.07) is 6.75. The molecule has 1 N–H and O–H groups in total. The van der Waals surface area contributed by atoms with Crippen LogP contribution in [0.5, 0.6) is 0 Å². The van der Waals surface area contributed by atoms with Gasteiger partial charge in [0.2, 0.25) is 0 Å². The van der Waals surface area contributed by atoms with Crippen LogP contribution in [-0.2, 0) is 29.7 Å². The molecule has 10 heteroatoms. The Morgan fingerprint density at radius 2 is 1.93 bits per heavy atom. The van der Waals surface area contributed by atoms with E-state index in [1.807, 2.05) is 37.0 Å². The summed E-state index contributed by atoms with van der Waals surface area (Å²) in [4.78, 5) is 11.3. The number of ether oxygens (including phenoxy) is 1. The van der Waals surface area contributed by atoms with Crippen molar-refractivity contribution in [2.75, 3.05) is 19.8 Å². The minimum atomic E-state index is -5.08. The zero-order valence-corrected chi connectivity index (χ0v) is 16.1. The van der Waals surface area contributed by atoms with E-state index in [0.29, 0.717) is 12.5 Å². The topological polar surface area (TPSA) is 67.6 Å². The highest BCUT2D eigenvalue weighted by Crippen LogP contribution is 2.29. The zero-order chi connectivity index (χ0) is 21.6. The number of fused-ring (bicyclic) bond motifs is 1. The van der Waals surface area contributed by atoms with Gasteiger partial charge in [-0.15, -0.1) is 0 Å². The molecule has 0 saturated carbocycles. The first-order valence-electron chi connectivity index (χ1n) is 8.97. The van der Waals surface area contributed by atoms with Gasteiger partial charge in [0.1, 0.15) is 5.82 Å². The maximum absolute atomic E-state index is 13.0. The van der Waals surface area contributed by atoms with Crippen LogP contribution < -0.4 is 0 Å². The lowest BCUT2D eigenvalue weighted by atomic mass is 9.96. The summed E-state index contributed by atoms with van der Waals surface area (Å²) in [7, 11) is 1.99. The van der Waals surface area contributed by atoms with Gasteiger partial charge in [0.25, 0.3) is 0 Å². The van der Waals surface area contributed by atoms with Gasteiger partial charge in [-0.05, 0) is 24.6 Å². The smallest absolute Gasteiger partial charge is 0.475 e. The molecule has 1 aromatic carbocycles. The highest BCUT2D eigenvalue weighted by molar-refractivity contribution is 5.73. The van der Waals surface area contributed by atoms with Crippen molar-refractivity contribution < 1.29 is 32.2 Å². The fraction of sp³-hybridized carbons (Fsp3) is 0.474. The number of aromatic nitrogens is 2. The number of carboxylic acids is 1. The van der Waals surface area contributed by atoms with Crippen LogP contribution in [0.2, 0.25) is 0 Å². The largest absolute Gasteiger partial charge is 0.490 e. The van der Waals surface area contributed by atoms with E-state index in [4.69, 9.17) is 14.6 Å². The van der Waals surface area contributed by atoms with Crippen LogP contribution in [-0.4, -0.2) is 51.7 Å². The van der Waals surface area contributed by atoms with Crippen molar-refractivity contribution in [3.63, 3.8) is 0 Å². The fourth-order valence-corrected chi connectivity index (χ4v) is 3.20. The molecule has 29 heavy (non-hydrogen) atoms. The van der Waals surface area contributed by atoms with Crippen molar-refractivity contribution >= 4 is 5.97 Å². The van der Waals surface area contributed by atoms with Crippen LogP contribution in [0, 0.1) is 5.82 Å². The lowest BCUT2D eigenvalue weighted by Gasteiger charge is -2.33. The molecular weight excluding hydrogens is 394 g/mol. The Bertz CT molecular complexity index is 806. The minimum absolute atomic E-state index is 0.189. The number of carboxylic acid groups (broad SMARTS) is 1. The van der Waals surface area contributed by atoms with E-state index in [1.165, 1.54) is 23.4 Å². The number of hydrogen-bond donors (Lipinski definition) is 1. The number of halogens is 4. The van der Waals surface area contributed by atoms with Gasteiger partial charge in [-0.2, -0.15) is 18.3 Å². The third kappa shape index (κ3) is 6.53. The number of rotatable bonds is 5. The number of aliphatic carboxylic acids is 1. The van der Waals surface area contributed by atoms with Crippen LogP contribution in [0.25, 0.3) is 0 Å². The second kappa shape index (κ2) is 9.84. The summed E-state index contributed by atoms with van der Waals surface area (Å²) >= 11 is 0. The predicted molar refractivity (Wildman–Crippen MR) is 96.6 cm³/mol. The normalized spacial score (nSPS) is 16.7. The molecule has 1 atom stereocenters. The lowest BCUT2D eigenvalue weighted by molar-refractivity contribution is -0.192. The molecule has 0 amide bonds. The van der Waals surface area contributed by atoms with Crippen LogP contribution in [0.4, 0.5) is 17.6 Å². The highest BCUT2D eigenvalue weighted by Gasteiger charge is 2.38. The maximum atomic E-state index is 13.0. The molecule has 0 radical (unpaired) electrons. The molecule has 0 bridgehead atoms. The van der Waals surface area contributed by atoms with Crippen molar-refractivity contribution in [1.29, 1.82) is 0 Å². The first-order chi connectivity index (χ1) is 13.6.